The molecule has 106 valence electrons. The predicted molar refractivity (Wildman–Crippen MR) is 78.3 cm³/mol. The molecular weight excluding hydrogens is 256 g/mol. The molecule has 0 N–H and O–H groups in total. The van der Waals surface area contributed by atoms with Crippen LogP contribution in [0.3, 0.4) is 0 Å². The van der Waals surface area contributed by atoms with E-state index in [-0.39, 0.29) is 6.10 Å². The second-order valence-electron chi connectivity index (χ2n) is 5.93. The Balaban J connectivity index is 1.65. The Kier molecular flexibility index (Phi) is 4.20. The summed E-state index contributed by atoms with van der Waals surface area (Å²) in [6, 6.07) is 0.832. The average molecular weight is 280 g/mol. The Bertz CT molecular complexity index is 420. The van der Waals surface area contributed by atoms with Crippen LogP contribution in [-0.4, -0.2) is 29.6 Å². The third-order valence-electron chi connectivity index (χ3n) is 4.74. The van der Waals surface area contributed by atoms with Crippen molar-refractivity contribution >= 4 is 11.3 Å². The molecule has 1 saturated carbocycles. The summed E-state index contributed by atoms with van der Waals surface area (Å²) in [6.07, 6.45) is 7.21. The Labute approximate surface area is 120 Å². The van der Waals surface area contributed by atoms with E-state index >= 15 is 0 Å². The zero-order valence-electron chi connectivity index (χ0n) is 12.0. The smallest absolute Gasteiger partial charge is 0.122 e. The summed E-state index contributed by atoms with van der Waals surface area (Å²) in [7, 11) is 1.75. The van der Waals surface area contributed by atoms with Crippen LogP contribution in [0.5, 0.6) is 0 Å². The monoisotopic (exact) mass is 280 g/mol. The highest BCUT2D eigenvalue weighted by molar-refractivity contribution is 7.09. The number of thiazole rings is 1. The first kappa shape index (κ1) is 13.5. The number of nitrogens with zero attached hydrogens (tertiary/aromatic N) is 2. The molecule has 0 amide bonds. The lowest BCUT2D eigenvalue weighted by Crippen LogP contribution is -2.41. The van der Waals surface area contributed by atoms with E-state index in [1.54, 1.807) is 18.4 Å². The van der Waals surface area contributed by atoms with Gasteiger partial charge in [-0.1, -0.05) is 6.42 Å². The highest BCUT2D eigenvalue weighted by Gasteiger charge is 2.34. The molecule has 0 aromatic carbocycles. The summed E-state index contributed by atoms with van der Waals surface area (Å²) in [5.41, 5.74) is 1.23. The molecule has 3 rings (SSSR count). The maximum absolute atomic E-state index is 5.34. The molecule has 1 aromatic heterocycles. The number of hydrogen-bond donors (Lipinski definition) is 0. The molecule has 1 aromatic rings. The van der Waals surface area contributed by atoms with Gasteiger partial charge in [0.15, 0.2) is 0 Å². The molecule has 2 fully saturated rings. The highest BCUT2D eigenvalue weighted by Crippen LogP contribution is 2.37. The molecule has 2 aliphatic rings. The van der Waals surface area contributed by atoms with Gasteiger partial charge in [0.1, 0.15) is 11.1 Å². The average Bonchev–Trinajstić information content (AvgIpc) is 3.07. The van der Waals surface area contributed by atoms with Crippen LogP contribution >= 0.6 is 11.3 Å². The van der Waals surface area contributed by atoms with Crippen molar-refractivity contribution in [1.82, 2.24) is 9.88 Å². The van der Waals surface area contributed by atoms with Gasteiger partial charge in [-0.3, -0.25) is 4.90 Å². The highest BCUT2D eigenvalue weighted by atomic mass is 32.1. The first-order chi connectivity index (χ1) is 9.28. The maximum Gasteiger partial charge on any atom is 0.122 e. The van der Waals surface area contributed by atoms with Gasteiger partial charge in [0.2, 0.25) is 0 Å². The summed E-state index contributed by atoms with van der Waals surface area (Å²) in [5.74, 6) is 0.963. The van der Waals surface area contributed by atoms with Gasteiger partial charge in [0.05, 0.1) is 5.69 Å². The molecule has 3 atom stereocenters. The van der Waals surface area contributed by atoms with E-state index in [0.717, 1.165) is 23.5 Å². The van der Waals surface area contributed by atoms with Crippen LogP contribution in [0.2, 0.25) is 0 Å². The van der Waals surface area contributed by atoms with Gasteiger partial charge in [-0.15, -0.1) is 11.3 Å². The van der Waals surface area contributed by atoms with Crippen LogP contribution in [0.15, 0.2) is 5.38 Å². The third-order valence-corrected chi connectivity index (χ3v) is 5.80. The zero-order chi connectivity index (χ0) is 13.2. The number of ether oxygens (including phenoxy) is 1. The molecule has 0 bridgehead atoms. The fraction of sp³-hybridized carbons (Fsp3) is 0.800. The topological polar surface area (TPSA) is 25.4 Å². The van der Waals surface area contributed by atoms with Gasteiger partial charge in [-0.05, 0) is 45.1 Å². The van der Waals surface area contributed by atoms with Crippen molar-refractivity contribution in [3.05, 3.63) is 16.1 Å². The maximum atomic E-state index is 5.34. The van der Waals surface area contributed by atoms with Crippen molar-refractivity contribution in [3.8, 4) is 0 Å². The van der Waals surface area contributed by atoms with Crippen molar-refractivity contribution in [2.75, 3.05) is 13.7 Å². The third kappa shape index (κ3) is 2.86. The lowest BCUT2D eigenvalue weighted by Gasteiger charge is -2.37. The van der Waals surface area contributed by atoms with E-state index in [0.29, 0.717) is 0 Å². The standard InChI is InChI=1S/C15H24N2OS/c1-11(18-2)15-16-13(10-19-15)9-17-8-4-6-12-5-3-7-14(12)17/h10-12,14H,3-9H2,1-2H3/t11-,12+,14+/m1/s1. The van der Waals surface area contributed by atoms with Gasteiger partial charge in [0.25, 0.3) is 0 Å². The minimum absolute atomic E-state index is 0.124. The van der Waals surface area contributed by atoms with E-state index < -0.39 is 0 Å². The van der Waals surface area contributed by atoms with Crippen molar-refractivity contribution in [3.63, 3.8) is 0 Å². The minimum Gasteiger partial charge on any atom is -0.375 e. The van der Waals surface area contributed by atoms with Gasteiger partial charge in [-0.25, -0.2) is 4.98 Å². The summed E-state index contributed by atoms with van der Waals surface area (Å²) in [6.45, 7) is 4.36. The molecule has 1 aliphatic carbocycles. The second kappa shape index (κ2) is 5.90. The summed E-state index contributed by atoms with van der Waals surface area (Å²) in [4.78, 5) is 7.42. The fourth-order valence-electron chi connectivity index (χ4n) is 3.64. The lowest BCUT2D eigenvalue weighted by molar-refractivity contribution is 0.103. The van der Waals surface area contributed by atoms with Crippen LogP contribution in [0.25, 0.3) is 0 Å². The van der Waals surface area contributed by atoms with Gasteiger partial charge < -0.3 is 4.74 Å². The number of piperidine rings is 1. The Hall–Kier alpha value is -0.450. The van der Waals surface area contributed by atoms with E-state index in [9.17, 15) is 0 Å². The van der Waals surface area contributed by atoms with Crippen LogP contribution in [0.4, 0.5) is 0 Å². The molecule has 1 aliphatic heterocycles. The molecule has 0 radical (unpaired) electrons. The number of rotatable bonds is 4. The van der Waals surface area contributed by atoms with Crippen LogP contribution in [0.1, 0.15) is 55.8 Å². The summed E-state index contributed by atoms with van der Waals surface area (Å²) < 4.78 is 5.34. The first-order valence-corrected chi connectivity index (χ1v) is 8.37. The lowest BCUT2D eigenvalue weighted by atomic mass is 9.92. The predicted octanol–water partition coefficient (Wildman–Crippen LogP) is 3.62. The van der Waals surface area contributed by atoms with Gasteiger partial charge in [-0.2, -0.15) is 0 Å². The van der Waals surface area contributed by atoms with E-state index in [1.807, 2.05) is 0 Å². The van der Waals surface area contributed by atoms with Gasteiger partial charge in [0, 0.05) is 25.1 Å². The van der Waals surface area contributed by atoms with Crippen molar-refractivity contribution in [2.45, 2.75) is 57.7 Å². The number of hydrogen-bond acceptors (Lipinski definition) is 4. The first-order valence-electron chi connectivity index (χ1n) is 7.49. The normalized spacial score (nSPS) is 29.4. The number of fused-ring (bicyclic) bond motifs is 1. The number of aromatic nitrogens is 1. The van der Waals surface area contributed by atoms with E-state index in [1.165, 1.54) is 44.3 Å². The van der Waals surface area contributed by atoms with Crippen LogP contribution in [-0.2, 0) is 11.3 Å². The molecule has 4 heteroatoms. The van der Waals surface area contributed by atoms with Crippen LogP contribution < -0.4 is 0 Å². The zero-order valence-corrected chi connectivity index (χ0v) is 12.8. The molecule has 2 heterocycles. The Morgan fingerprint density at radius 2 is 2.26 bits per heavy atom. The second-order valence-corrected chi connectivity index (χ2v) is 6.82. The molecule has 3 nitrogen and oxygen atoms in total. The summed E-state index contributed by atoms with van der Waals surface area (Å²) in [5, 5.41) is 3.32. The van der Waals surface area contributed by atoms with Crippen molar-refractivity contribution < 1.29 is 4.74 Å². The molecule has 0 spiro atoms. The molecule has 19 heavy (non-hydrogen) atoms. The van der Waals surface area contributed by atoms with Gasteiger partial charge >= 0.3 is 0 Å². The van der Waals surface area contributed by atoms with Crippen molar-refractivity contribution in [2.24, 2.45) is 5.92 Å². The number of methoxy groups -OCH3 is 1. The Morgan fingerprint density at radius 1 is 1.42 bits per heavy atom. The molecular formula is C15H24N2OS. The molecule has 1 saturated heterocycles. The quantitative estimate of drug-likeness (QED) is 0.842. The van der Waals surface area contributed by atoms with Crippen LogP contribution in [0, 0.1) is 5.92 Å². The Morgan fingerprint density at radius 3 is 3.11 bits per heavy atom. The van der Waals surface area contributed by atoms with E-state index in [2.05, 4.69) is 17.2 Å². The minimum atomic E-state index is 0.124. The summed E-state index contributed by atoms with van der Waals surface area (Å²) >= 11 is 1.73. The van der Waals surface area contributed by atoms with Crippen molar-refractivity contribution in [1.29, 1.82) is 0 Å². The molecule has 0 unspecified atom stereocenters. The largest absolute Gasteiger partial charge is 0.375 e. The SMILES string of the molecule is CO[C@H](C)c1nc(CN2CCC[C@@H]3CCC[C@@H]32)cs1. The van der Waals surface area contributed by atoms with E-state index in [4.69, 9.17) is 9.72 Å². The fourth-order valence-corrected chi connectivity index (χ4v) is 4.49. The number of likely N-dealkylation sites (tertiary alicyclic amines) is 1.